The highest BCUT2D eigenvalue weighted by Gasteiger charge is 2.06. The smallest absolute Gasteiger partial charge is 0.123 e. The minimum Gasteiger partial charge on any atom is -0.307 e. The number of benzene rings is 1. The lowest BCUT2D eigenvalue weighted by molar-refractivity contribution is 0.602. The molecule has 0 radical (unpaired) electrons. The van der Waals surface area contributed by atoms with E-state index in [0.717, 1.165) is 18.5 Å². The summed E-state index contributed by atoms with van der Waals surface area (Å²) in [6, 6.07) is 6.87. The number of rotatable bonds is 5. The molecule has 1 N–H and O–H groups in total. The normalized spacial score (nSPS) is 12.2. The topological polar surface area (TPSA) is 12.0 Å². The Morgan fingerprint density at radius 3 is 2.44 bits per heavy atom. The van der Waals surface area contributed by atoms with E-state index < -0.39 is 0 Å². The van der Waals surface area contributed by atoms with Crippen molar-refractivity contribution in [3.05, 3.63) is 47.3 Å². The van der Waals surface area contributed by atoms with E-state index in [1.165, 1.54) is 17.7 Å². The Labute approximate surface area is 97.4 Å². The number of nitrogens with one attached hydrogen (secondary N) is 1. The first-order valence-electron chi connectivity index (χ1n) is 5.77. The summed E-state index contributed by atoms with van der Waals surface area (Å²) in [5.41, 5.74) is 2.37. The summed E-state index contributed by atoms with van der Waals surface area (Å²) in [6.07, 6.45) is 3.26. The molecule has 1 aromatic rings. The first-order valence-corrected chi connectivity index (χ1v) is 5.77. The Kier molecular flexibility index (Phi) is 5.20. The standard InChI is InChI=1S/C14H20FN/c1-4-9-16-14(10-11(2)3)12-5-7-13(15)8-6-12/h5-8,10,14,16H,4,9H2,1-3H3. The minimum atomic E-state index is -0.185. The van der Waals surface area contributed by atoms with Gasteiger partial charge in [-0.05, 0) is 44.5 Å². The molecule has 0 fully saturated rings. The summed E-state index contributed by atoms with van der Waals surface area (Å²) in [7, 11) is 0. The molecule has 0 saturated heterocycles. The zero-order valence-electron chi connectivity index (χ0n) is 10.3. The number of hydrogen-bond donors (Lipinski definition) is 1. The maximum Gasteiger partial charge on any atom is 0.123 e. The van der Waals surface area contributed by atoms with Crippen molar-refractivity contribution in [1.29, 1.82) is 0 Å². The molecule has 1 unspecified atom stereocenters. The Hall–Kier alpha value is -1.15. The van der Waals surface area contributed by atoms with Crippen molar-refractivity contribution in [3.8, 4) is 0 Å². The molecule has 0 amide bonds. The van der Waals surface area contributed by atoms with Crippen molar-refractivity contribution in [2.24, 2.45) is 0 Å². The largest absolute Gasteiger partial charge is 0.307 e. The maximum atomic E-state index is 12.8. The predicted molar refractivity (Wildman–Crippen MR) is 66.9 cm³/mol. The highest BCUT2D eigenvalue weighted by Crippen LogP contribution is 2.16. The van der Waals surface area contributed by atoms with Crippen molar-refractivity contribution in [2.75, 3.05) is 6.54 Å². The van der Waals surface area contributed by atoms with Gasteiger partial charge in [0.15, 0.2) is 0 Å². The second kappa shape index (κ2) is 6.44. The van der Waals surface area contributed by atoms with Gasteiger partial charge in [-0.3, -0.25) is 0 Å². The molecule has 1 nitrogen and oxygen atoms in total. The molecule has 0 spiro atoms. The molecule has 1 rings (SSSR count). The predicted octanol–water partition coefficient (Wildman–Crippen LogP) is 3.83. The zero-order chi connectivity index (χ0) is 12.0. The molecule has 1 atom stereocenters. The number of hydrogen-bond acceptors (Lipinski definition) is 1. The van der Waals surface area contributed by atoms with E-state index >= 15 is 0 Å². The van der Waals surface area contributed by atoms with Crippen LogP contribution in [0.25, 0.3) is 0 Å². The third kappa shape index (κ3) is 4.15. The van der Waals surface area contributed by atoms with Gasteiger partial charge in [-0.1, -0.05) is 30.7 Å². The van der Waals surface area contributed by atoms with Gasteiger partial charge in [-0.25, -0.2) is 4.39 Å². The van der Waals surface area contributed by atoms with Crippen LogP contribution < -0.4 is 5.32 Å². The van der Waals surface area contributed by atoms with Crippen LogP contribution in [0.3, 0.4) is 0 Å². The van der Waals surface area contributed by atoms with Gasteiger partial charge < -0.3 is 5.32 Å². The molecule has 1 aromatic carbocycles. The van der Waals surface area contributed by atoms with Crippen LogP contribution in [-0.4, -0.2) is 6.54 Å². The fourth-order valence-corrected chi connectivity index (χ4v) is 1.58. The van der Waals surface area contributed by atoms with Gasteiger partial charge in [-0.2, -0.15) is 0 Å². The van der Waals surface area contributed by atoms with Crippen LogP contribution in [-0.2, 0) is 0 Å². The molecule has 0 aromatic heterocycles. The van der Waals surface area contributed by atoms with Gasteiger partial charge in [0.05, 0.1) is 6.04 Å². The second-order valence-electron chi connectivity index (χ2n) is 4.23. The van der Waals surface area contributed by atoms with Crippen molar-refractivity contribution in [2.45, 2.75) is 33.2 Å². The van der Waals surface area contributed by atoms with E-state index in [-0.39, 0.29) is 11.9 Å². The van der Waals surface area contributed by atoms with Crippen LogP contribution in [0.15, 0.2) is 35.9 Å². The fraction of sp³-hybridized carbons (Fsp3) is 0.429. The van der Waals surface area contributed by atoms with Gasteiger partial charge in [0.2, 0.25) is 0 Å². The second-order valence-corrected chi connectivity index (χ2v) is 4.23. The highest BCUT2D eigenvalue weighted by molar-refractivity contribution is 5.24. The molecule has 2 heteroatoms. The molecule has 0 saturated carbocycles. The molecule has 88 valence electrons. The summed E-state index contributed by atoms with van der Waals surface area (Å²) in [5, 5.41) is 3.44. The van der Waals surface area contributed by atoms with Gasteiger partial charge in [0, 0.05) is 0 Å². The van der Waals surface area contributed by atoms with E-state index in [1.807, 2.05) is 12.1 Å². The third-order valence-corrected chi connectivity index (χ3v) is 2.34. The van der Waals surface area contributed by atoms with E-state index in [0.29, 0.717) is 0 Å². The lowest BCUT2D eigenvalue weighted by Gasteiger charge is -2.15. The average Bonchev–Trinajstić information content (AvgIpc) is 2.25. The van der Waals surface area contributed by atoms with Gasteiger partial charge in [-0.15, -0.1) is 0 Å². The molecule has 0 aliphatic rings. The Bertz CT molecular complexity index is 336. The summed E-state index contributed by atoms with van der Waals surface area (Å²) >= 11 is 0. The quantitative estimate of drug-likeness (QED) is 0.745. The van der Waals surface area contributed by atoms with E-state index in [9.17, 15) is 4.39 Å². The van der Waals surface area contributed by atoms with Crippen LogP contribution in [0, 0.1) is 5.82 Å². The van der Waals surface area contributed by atoms with E-state index in [4.69, 9.17) is 0 Å². The first kappa shape index (κ1) is 12.9. The SMILES string of the molecule is CCCNC(C=C(C)C)c1ccc(F)cc1. The van der Waals surface area contributed by atoms with E-state index in [1.54, 1.807) is 0 Å². The summed E-state index contributed by atoms with van der Waals surface area (Å²) in [4.78, 5) is 0. The molecule has 0 bridgehead atoms. The van der Waals surface area contributed by atoms with Crippen LogP contribution in [0.4, 0.5) is 4.39 Å². The number of halogens is 1. The minimum absolute atomic E-state index is 0.185. The summed E-state index contributed by atoms with van der Waals surface area (Å²) < 4.78 is 12.8. The highest BCUT2D eigenvalue weighted by atomic mass is 19.1. The van der Waals surface area contributed by atoms with Crippen LogP contribution >= 0.6 is 0 Å². The molecule has 0 aliphatic heterocycles. The fourth-order valence-electron chi connectivity index (χ4n) is 1.58. The molecular weight excluding hydrogens is 201 g/mol. The molecule has 16 heavy (non-hydrogen) atoms. The van der Waals surface area contributed by atoms with Gasteiger partial charge >= 0.3 is 0 Å². The summed E-state index contributed by atoms with van der Waals surface area (Å²) in [6.45, 7) is 7.25. The van der Waals surface area contributed by atoms with Crippen LogP contribution in [0.2, 0.25) is 0 Å². The Morgan fingerprint density at radius 2 is 1.94 bits per heavy atom. The van der Waals surface area contributed by atoms with Crippen molar-refractivity contribution < 1.29 is 4.39 Å². The molecule has 0 heterocycles. The maximum absolute atomic E-state index is 12.8. The van der Waals surface area contributed by atoms with Crippen molar-refractivity contribution in [3.63, 3.8) is 0 Å². The molecule has 0 aliphatic carbocycles. The zero-order valence-corrected chi connectivity index (χ0v) is 10.3. The molecular formula is C14H20FN. The first-order chi connectivity index (χ1) is 7.63. The van der Waals surface area contributed by atoms with Crippen LogP contribution in [0.1, 0.15) is 38.8 Å². The van der Waals surface area contributed by atoms with Gasteiger partial charge in [0.25, 0.3) is 0 Å². The lowest BCUT2D eigenvalue weighted by Crippen LogP contribution is -2.20. The van der Waals surface area contributed by atoms with Crippen molar-refractivity contribution >= 4 is 0 Å². The summed E-state index contributed by atoms with van der Waals surface area (Å²) in [5.74, 6) is -0.185. The number of allylic oxidation sites excluding steroid dienone is 1. The van der Waals surface area contributed by atoms with Crippen molar-refractivity contribution in [1.82, 2.24) is 5.32 Å². The lowest BCUT2D eigenvalue weighted by atomic mass is 10.0. The monoisotopic (exact) mass is 221 g/mol. The average molecular weight is 221 g/mol. The Morgan fingerprint density at radius 1 is 1.31 bits per heavy atom. The van der Waals surface area contributed by atoms with Gasteiger partial charge in [0.1, 0.15) is 5.82 Å². The van der Waals surface area contributed by atoms with Crippen LogP contribution in [0.5, 0.6) is 0 Å². The third-order valence-electron chi connectivity index (χ3n) is 2.34. The Balaban J connectivity index is 2.83. The van der Waals surface area contributed by atoms with E-state index in [2.05, 4.69) is 32.2 Å².